The van der Waals surface area contributed by atoms with Crippen LogP contribution in [0.2, 0.25) is 0 Å². The van der Waals surface area contributed by atoms with Crippen LogP contribution in [0, 0.1) is 0 Å². The number of unbranched alkanes of at least 4 members (excludes halogenated alkanes) is 1. The largest absolute Gasteiger partial charge is 0.478 e. The molecule has 0 radical (unpaired) electrons. The number of hydrogen-bond donors (Lipinski definition) is 1. The van der Waals surface area contributed by atoms with Gasteiger partial charge in [0.2, 0.25) is 0 Å². The molecule has 0 unspecified atom stereocenters. The molecule has 4 rings (SSSR count). The number of hydrogen-bond acceptors (Lipinski definition) is 4. The number of rotatable bonds is 7. The number of aromatic nitrogens is 4. The molecule has 29 heavy (non-hydrogen) atoms. The van der Waals surface area contributed by atoms with Gasteiger partial charge in [0.1, 0.15) is 17.7 Å². The fourth-order valence-electron chi connectivity index (χ4n) is 3.51. The first-order chi connectivity index (χ1) is 14.2. The molecule has 0 bridgehead atoms. The van der Waals surface area contributed by atoms with E-state index in [0.717, 1.165) is 52.9 Å². The molecule has 1 N–H and O–H groups in total. The topological polar surface area (TPSA) is 80.9 Å². The minimum absolute atomic E-state index is 0.305. The van der Waals surface area contributed by atoms with Gasteiger partial charge in [-0.25, -0.2) is 19.7 Å². The number of aryl methyl sites for hydroxylation is 1. The van der Waals surface area contributed by atoms with Gasteiger partial charge in [0.05, 0.1) is 11.8 Å². The van der Waals surface area contributed by atoms with E-state index in [1.54, 1.807) is 12.1 Å². The lowest BCUT2D eigenvalue weighted by Gasteiger charge is -2.11. The summed E-state index contributed by atoms with van der Waals surface area (Å²) in [4.78, 5) is 24.6. The highest BCUT2D eigenvalue weighted by molar-refractivity contribution is 5.96. The average molecular weight is 386 g/mol. The van der Waals surface area contributed by atoms with Crippen LogP contribution in [0.4, 0.5) is 0 Å². The quantitative estimate of drug-likeness (QED) is 0.503. The predicted octanol–water partition coefficient (Wildman–Crippen LogP) is 4.58. The monoisotopic (exact) mass is 386 g/mol. The van der Waals surface area contributed by atoms with E-state index in [2.05, 4.69) is 26.4 Å². The van der Waals surface area contributed by atoms with Crippen LogP contribution in [-0.4, -0.2) is 30.6 Å². The standard InChI is InChI=1S/C23H22N4O2/c1-2-3-8-21-26-22-20(13-24-15-25-22)27(21)14-16-9-11-17(12-10-16)18-6-4-5-7-19(18)23(28)29/h4-7,9-13,15H,2-3,8,14H2,1H3,(H,28,29). The van der Waals surface area contributed by atoms with Crippen molar-refractivity contribution in [3.05, 3.63) is 78.0 Å². The van der Waals surface area contributed by atoms with E-state index in [4.69, 9.17) is 0 Å². The van der Waals surface area contributed by atoms with Crippen molar-refractivity contribution in [2.24, 2.45) is 0 Å². The molecule has 0 spiro atoms. The lowest BCUT2D eigenvalue weighted by molar-refractivity contribution is 0.0697. The molecule has 2 aromatic carbocycles. The Balaban J connectivity index is 1.66. The fraction of sp³-hybridized carbons (Fsp3) is 0.217. The van der Waals surface area contributed by atoms with E-state index >= 15 is 0 Å². The van der Waals surface area contributed by atoms with Gasteiger partial charge < -0.3 is 9.67 Å². The van der Waals surface area contributed by atoms with E-state index in [1.165, 1.54) is 6.33 Å². The van der Waals surface area contributed by atoms with Crippen molar-refractivity contribution in [3.63, 3.8) is 0 Å². The van der Waals surface area contributed by atoms with Gasteiger partial charge in [-0.15, -0.1) is 0 Å². The normalized spacial score (nSPS) is 11.1. The zero-order chi connectivity index (χ0) is 20.2. The van der Waals surface area contributed by atoms with Gasteiger partial charge in [0.25, 0.3) is 0 Å². The SMILES string of the molecule is CCCCc1nc2ncncc2n1Cc1ccc(-c2ccccc2C(=O)O)cc1. The Labute approximate surface area is 168 Å². The number of aromatic carboxylic acids is 1. The van der Waals surface area contributed by atoms with Gasteiger partial charge >= 0.3 is 5.97 Å². The lowest BCUT2D eigenvalue weighted by atomic mass is 9.99. The first-order valence-corrected chi connectivity index (χ1v) is 9.74. The molecule has 0 fully saturated rings. The number of fused-ring (bicyclic) bond motifs is 1. The molecule has 0 saturated heterocycles. The van der Waals surface area contributed by atoms with Crippen molar-refractivity contribution in [1.82, 2.24) is 19.5 Å². The summed E-state index contributed by atoms with van der Waals surface area (Å²) in [5.74, 6) is 0.0952. The van der Waals surface area contributed by atoms with Crippen LogP contribution in [0.3, 0.4) is 0 Å². The maximum absolute atomic E-state index is 11.5. The molecule has 6 nitrogen and oxygen atoms in total. The van der Waals surface area contributed by atoms with Crippen molar-refractivity contribution >= 4 is 17.1 Å². The van der Waals surface area contributed by atoms with E-state index in [-0.39, 0.29) is 0 Å². The minimum atomic E-state index is -0.921. The maximum Gasteiger partial charge on any atom is 0.336 e. The second kappa shape index (κ2) is 8.22. The van der Waals surface area contributed by atoms with Crippen LogP contribution in [0.5, 0.6) is 0 Å². The lowest BCUT2D eigenvalue weighted by Crippen LogP contribution is -2.05. The minimum Gasteiger partial charge on any atom is -0.478 e. The van der Waals surface area contributed by atoms with Crippen LogP contribution < -0.4 is 0 Å². The summed E-state index contributed by atoms with van der Waals surface area (Å²) >= 11 is 0. The highest BCUT2D eigenvalue weighted by Gasteiger charge is 2.13. The Bertz CT molecular complexity index is 1150. The Hall–Kier alpha value is -3.54. The maximum atomic E-state index is 11.5. The molecular weight excluding hydrogens is 364 g/mol. The number of nitrogens with zero attached hydrogens (tertiary/aromatic N) is 4. The predicted molar refractivity (Wildman–Crippen MR) is 112 cm³/mol. The van der Waals surface area contributed by atoms with Crippen molar-refractivity contribution in [2.75, 3.05) is 0 Å². The summed E-state index contributed by atoms with van der Waals surface area (Å²) in [6.45, 7) is 2.84. The zero-order valence-corrected chi connectivity index (χ0v) is 16.2. The number of carboxylic acid groups (broad SMARTS) is 1. The van der Waals surface area contributed by atoms with Crippen LogP contribution in [0.25, 0.3) is 22.3 Å². The molecule has 0 aliphatic heterocycles. The van der Waals surface area contributed by atoms with Gasteiger partial charge in [-0.05, 0) is 29.2 Å². The van der Waals surface area contributed by atoms with Crippen molar-refractivity contribution in [1.29, 1.82) is 0 Å². The third-order valence-corrected chi connectivity index (χ3v) is 5.03. The molecule has 0 saturated carbocycles. The molecule has 4 aromatic rings. The summed E-state index contributed by atoms with van der Waals surface area (Å²) in [6.07, 6.45) is 6.41. The molecule has 0 aliphatic carbocycles. The van der Waals surface area contributed by atoms with Crippen molar-refractivity contribution < 1.29 is 9.90 Å². The van der Waals surface area contributed by atoms with Crippen molar-refractivity contribution in [2.45, 2.75) is 32.7 Å². The summed E-state index contributed by atoms with van der Waals surface area (Å²) in [5, 5.41) is 9.43. The first kappa shape index (κ1) is 18.8. The molecule has 146 valence electrons. The van der Waals surface area contributed by atoms with Crippen LogP contribution in [0.1, 0.15) is 41.5 Å². The second-order valence-corrected chi connectivity index (χ2v) is 7.00. The van der Waals surface area contributed by atoms with Gasteiger partial charge in [-0.2, -0.15) is 0 Å². The van der Waals surface area contributed by atoms with Gasteiger partial charge in [0.15, 0.2) is 5.65 Å². The van der Waals surface area contributed by atoms with E-state index in [9.17, 15) is 9.90 Å². The molecule has 0 amide bonds. The summed E-state index contributed by atoms with van der Waals surface area (Å²) in [5.41, 5.74) is 4.67. The average Bonchev–Trinajstić information content (AvgIpc) is 3.10. The number of carboxylic acids is 1. The number of benzene rings is 2. The van der Waals surface area contributed by atoms with Gasteiger partial charge in [0, 0.05) is 13.0 Å². The highest BCUT2D eigenvalue weighted by atomic mass is 16.4. The molecule has 0 aliphatic rings. The van der Waals surface area contributed by atoms with E-state index in [0.29, 0.717) is 12.1 Å². The smallest absolute Gasteiger partial charge is 0.336 e. The molecule has 0 atom stereocenters. The van der Waals surface area contributed by atoms with E-state index < -0.39 is 5.97 Å². The second-order valence-electron chi connectivity index (χ2n) is 7.00. The Kier molecular flexibility index (Phi) is 5.33. The number of imidazole rings is 1. The van der Waals surface area contributed by atoms with Crippen molar-refractivity contribution in [3.8, 4) is 11.1 Å². The molecule has 2 aromatic heterocycles. The summed E-state index contributed by atoms with van der Waals surface area (Å²) < 4.78 is 2.17. The Morgan fingerprint density at radius 3 is 2.66 bits per heavy atom. The Morgan fingerprint density at radius 1 is 1.10 bits per heavy atom. The third kappa shape index (κ3) is 3.87. The molecule has 6 heteroatoms. The molecular formula is C23H22N4O2. The van der Waals surface area contributed by atoms with E-state index in [1.807, 2.05) is 42.6 Å². The first-order valence-electron chi connectivity index (χ1n) is 9.74. The summed E-state index contributed by atoms with van der Waals surface area (Å²) in [6, 6.07) is 15.1. The molecule has 2 heterocycles. The fourth-order valence-corrected chi connectivity index (χ4v) is 3.51. The highest BCUT2D eigenvalue weighted by Crippen LogP contribution is 2.25. The van der Waals surface area contributed by atoms with Crippen LogP contribution in [-0.2, 0) is 13.0 Å². The van der Waals surface area contributed by atoms with Gasteiger partial charge in [-0.3, -0.25) is 0 Å². The Morgan fingerprint density at radius 2 is 1.90 bits per heavy atom. The van der Waals surface area contributed by atoms with Gasteiger partial charge in [-0.1, -0.05) is 55.8 Å². The zero-order valence-electron chi connectivity index (χ0n) is 16.2. The van der Waals surface area contributed by atoms with Crippen LogP contribution >= 0.6 is 0 Å². The number of carbonyl (C=O) groups is 1. The summed E-state index contributed by atoms with van der Waals surface area (Å²) in [7, 11) is 0. The van der Waals surface area contributed by atoms with Crippen LogP contribution in [0.15, 0.2) is 61.1 Å². The third-order valence-electron chi connectivity index (χ3n) is 5.03.